The summed E-state index contributed by atoms with van der Waals surface area (Å²) in [5.74, 6) is 1.75. The fourth-order valence-corrected chi connectivity index (χ4v) is 3.04. The van der Waals surface area contributed by atoms with Crippen LogP contribution in [-0.4, -0.2) is 24.1 Å². The zero-order chi connectivity index (χ0) is 17.2. The molecule has 0 radical (unpaired) electrons. The molecule has 1 aromatic carbocycles. The number of hydrogen-bond donors (Lipinski definition) is 0. The molecule has 0 saturated carbocycles. The molecule has 27 heavy (non-hydrogen) atoms. The molecule has 0 bridgehead atoms. The number of aryl methyl sites for hydroxylation is 1. The van der Waals surface area contributed by atoms with Gasteiger partial charge in [-0.05, 0) is 37.3 Å². The molecule has 0 N–H and O–H groups in total. The van der Waals surface area contributed by atoms with Gasteiger partial charge in [0.05, 0.1) is 29.2 Å². The summed E-state index contributed by atoms with van der Waals surface area (Å²) in [6.07, 6.45) is 5.47. The van der Waals surface area contributed by atoms with Crippen LogP contribution in [0, 0.1) is 11.3 Å². The van der Waals surface area contributed by atoms with Gasteiger partial charge in [-0.2, -0.15) is 5.26 Å². The van der Waals surface area contributed by atoms with Crippen LogP contribution in [0.5, 0.6) is 0 Å². The van der Waals surface area contributed by atoms with E-state index in [1.807, 2.05) is 47.2 Å². The number of rotatable bonds is 4. The third-order valence-electron chi connectivity index (χ3n) is 4.19. The molecule has 0 fully saturated rings. The normalized spacial score (nSPS) is 10.1. The number of benzene rings is 1. The molecule has 8 heteroatoms. The first kappa shape index (κ1) is 20.4. The van der Waals surface area contributed by atoms with Crippen molar-refractivity contribution in [2.45, 2.75) is 20.0 Å². The summed E-state index contributed by atoms with van der Waals surface area (Å²) in [6, 6.07) is 13.6. The van der Waals surface area contributed by atoms with E-state index in [2.05, 4.69) is 27.5 Å². The van der Waals surface area contributed by atoms with E-state index in [4.69, 9.17) is 10.2 Å². The molecule has 0 unspecified atom stereocenters. The lowest BCUT2D eigenvalue weighted by atomic mass is 10.2. The Labute approximate surface area is 169 Å². The summed E-state index contributed by atoms with van der Waals surface area (Å²) in [5, 5.41) is 9.10. The lowest BCUT2D eigenvalue weighted by molar-refractivity contribution is 0.666. The molecule has 0 spiro atoms. The van der Waals surface area contributed by atoms with Crippen molar-refractivity contribution >= 4 is 35.8 Å². The topological polar surface area (TPSA) is 72.3 Å². The number of aromatic nitrogens is 5. The molecule has 4 rings (SSSR count). The molecule has 4 aromatic rings. The summed E-state index contributed by atoms with van der Waals surface area (Å²) >= 11 is 0. The van der Waals surface area contributed by atoms with Gasteiger partial charge in [0.2, 0.25) is 0 Å². The largest absolute Gasteiger partial charge is 0.327 e. The van der Waals surface area contributed by atoms with Crippen LogP contribution in [-0.2, 0) is 13.1 Å². The predicted molar refractivity (Wildman–Crippen MR) is 109 cm³/mol. The van der Waals surface area contributed by atoms with Crippen molar-refractivity contribution in [1.82, 2.24) is 24.1 Å². The maximum absolute atomic E-state index is 9.10. The Morgan fingerprint density at radius 2 is 1.93 bits per heavy atom. The van der Waals surface area contributed by atoms with Gasteiger partial charge in [0.15, 0.2) is 5.82 Å². The molecular weight excluding hydrogens is 383 g/mol. The molecule has 138 valence electrons. The van der Waals surface area contributed by atoms with Crippen LogP contribution in [0.2, 0.25) is 0 Å². The number of nitrogens with zero attached hydrogens (tertiary/aromatic N) is 6. The van der Waals surface area contributed by atoms with Crippen molar-refractivity contribution < 1.29 is 0 Å². The second-order valence-corrected chi connectivity index (χ2v) is 5.68. The molecule has 0 saturated heterocycles. The van der Waals surface area contributed by atoms with Crippen LogP contribution in [0.1, 0.15) is 18.3 Å². The smallest absolute Gasteiger partial charge is 0.159 e. The van der Waals surface area contributed by atoms with E-state index < -0.39 is 0 Å². The van der Waals surface area contributed by atoms with Crippen LogP contribution in [0.4, 0.5) is 0 Å². The van der Waals surface area contributed by atoms with Gasteiger partial charge in [0, 0.05) is 25.1 Å². The second kappa shape index (κ2) is 8.67. The zero-order valence-corrected chi connectivity index (χ0v) is 16.2. The molecular formula is C19H18Cl2N6. The van der Waals surface area contributed by atoms with E-state index in [1.54, 1.807) is 12.4 Å². The second-order valence-electron chi connectivity index (χ2n) is 5.68. The Bertz CT molecular complexity index is 1080. The van der Waals surface area contributed by atoms with Gasteiger partial charge in [-0.3, -0.25) is 4.98 Å². The highest BCUT2D eigenvalue weighted by molar-refractivity contribution is 5.85. The van der Waals surface area contributed by atoms with Crippen LogP contribution >= 0.6 is 24.8 Å². The van der Waals surface area contributed by atoms with Crippen molar-refractivity contribution in [2.24, 2.45) is 0 Å². The van der Waals surface area contributed by atoms with Gasteiger partial charge in [-0.25, -0.2) is 9.97 Å². The number of imidazole rings is 2. The first-order valence-corrected chi connectivity index (χ1v) is 8.12. The average Bonchev–Trinajstić information content (AvgIpc) is 3.25. The van der Waals surface area contributed by atoms with E-state index in [9.17, 15) is 0 Å². The van der Waals surface area contributed by atoms with Crippen LogP contribution in [0.25, 0.3) is 22.6 Å². The first-order valence-electron chi connectivity index (χ1n) is 8.12. The molecule has 0 aliphatic rings. The van der Waals surface area contributed by atoms with E-state index in [0.29, 0.717) is 12.1 Å². The SMILES string of the molecule is CCn1c(Cn2ccnc2-c2ccccn2)nc2cc(C#N)ccc21.Cl.Cl. The van der Waals surface area contributed by atoms with Gasteiger partial charge in [0.25, 0.3) is 0 Å². The summed E-state index contributed by atoms with van der Waals surface area (Å²) in [7, 11) is 0. The monoisotopic (exact) mass is 400 g/mol. The number of fused-ring (bicyclic) bond motifs is 1. The maximum Gasteiger partial charge on any atom is 0.159 e. The van der Waals surface area contributed by atoms with Crippen molar-refractivity contribution in [3.8, 4) is 17.6 Å². The highest BCUT2D eigenvalue weighted by Gasteiger charge is 2.13. The molecule has 6 nitrogen and oxygen atoms in total. The molecule has 3 heterocycles. The molecule has 0 amide bonds. The Hall–Kier alpha value is -2.88. The van der Waals surface area contributed by atoms with E-state index in [1.165, 1.54) is 0 Å². The maximum atomic E-state index is 9.10. The zero-order valence-electron chi connectivity index (χ0n) is 14.6. The Morgan fingerprint density at radius 3 is 2.63 bits per heavy atom. The Morgan fingerprint density at radius 1 is 1.07 bits per heavy atom. The minimum Gasteiger partial charge on any atom is -0.327 e. The summed E-state index contributed by atoms with van der Waals surface area (Å²) < 4.78 is 4.21. The van der Waals surface area contributed by atoms with Gasteiger partial charge in [-0.15, -0.1) is 24.8 Å². The molecule has 0 atom stereocenters. The van der Waals surface area contributed by atoms with Crippen molar-refractivity contribution in [2.75, 3.05) is 0 Å². The Kier molecular flexibility index (Phi) is 6.56. The lowest BCUT2D eigenvalue weighted by Gasteiger charge is -2.09. The first-order chi connectivity index (χ1) is 12.3. The fraction of sp³-hybridized carbons (Fsp3) is 0.158. The van der Waals surface area contributed by atoms with Gasteiger partial charge >= 0.3 is 0 Å². The van der Waals surface area contributed by atoms with Crippen molar-refractivity contribution in [3.63, 3.8) is 0 Å². The quantitative estimate of drug-likeness (QED) is 0.517. The minimum atomic E-state index is 0. The summed E-state index contributed by atoms with van der Waals surface area (Å²) in [6.45, 7) is 3.50. The fourth-order valence-electron chi connectivity index (χ4n) is 3.04. The summed E-state index contributed by atoms with van der Waals surface area (Å²) in [5.41, 5.74) is 3.33. The van der Waals surface area contributed by atoms with Crippen LogP contribution in [0.15, 0.2) is 55.0 Å². The van der Waals surface area contributed by atoms with Crippen LogP contribution in [0.3, 0.4) is 0 Å². The third kappa shape index (κ3) is 3.80. The van der Waals surface area contributed by atoms with Crippen molar-refractivity contribution in [1.29, 1.82) is 5.26 Å². The number of nitriles is 1. The Balaban J connectivity index is 0.00000131. The van der Waals surface area contributed by atoms with Gasteiger partial charge in [-0.1, -0.05) is 6.07 Å². The highest BCUT2D eigenvalue weighted by atomic mass is 35.5. The number of hydrogen-bond acceptors (Lipinski definition) is 4. The lowest BCUT2D eigenvalue weighted by Crippen LogP contribution is -2.08. The average molecular weight is 401 g/mol. The minimum absolute atomic E-state index is 0. The number of pyridine rings is 1. The summed E-state index contributed by atoms with van der Waals surface area (Å²) in [4.78, 5) is 13.6. The van der Waals surface area contributed by atoms with Crippen molar-refractivity contribution in [3.05, 3.63) is 66.4 Å². The van der Waals surface area contributed by atoms with Gasteiger partial charge < -0.3 is 9.13 Å². The highest BCUT2D eigenvalue weighted by Crippen LogP contribution is 2.21. The van der Waals surface area contributed by atoms with E-state index >= 15 is 0 Å². The van der Waals surface area contributed by atoms with E-state index in [-0.39, 0.29) is 24.8 Å². The molecule has 0 aliphatic carbocycles. The number of halogens is 2. The standard InChI is InChI=1S/C19H16N6.2ClH/c1-2-25-17-7-6-14(12-20)11-16(17)23-18(25)13-24-10-9-22-19(24)15-5-3-4-8-21-15;;/h3-11H,2,13H2,1H3;2*1H. The van der Waals surface area contributed by atoms with Crippen LogP contribution < -0.4 is 0 Å². The third-order valence-corrected chi connectivity index (χ3v) is 4.19. The predicted octanol–water partition coefficient (Wildman–Crippen LogP) is 4.08. The van der Waals surface area contributed by atoms with Gasteiger partial charge in [0.1, 0.15) is 11.5 Å². The molecule has 0 aliphatic heterocycles. The van der Waals surface area contributed by atoms with E-state index in [0.717, 1.165) is 34.9 Å². The molecule has 3 aromatic heterocycles.